The van der Waals surface area contributed by atoms with Crippen LogP contribution < -0.4 is 10.3 Å². The summed E-state index contributed by atoms with van der Waals surface area (Å²) in [5.41, 5.74) is 2.41. The zero-order valence-electron chi connectivity index (χ0n) is 17.6. The normalized spacial score (nSPS) is 15.5. The number of benzene rings is 1. The number of hydrogen-bond acceptors (Lipinski definition) is 6. The van der Waals surface area contributed by atoms with E-state index >= 15 is 0 Å². The Hall–Kier alpha value is -2.97. The number of carbonyl (C=O) groups excluding carboxylic acids is 1. The minimum Gasteiger partial charge on any atom is -0.438 e. The van der Waals surface area contributed by atoms with Crippen LogP contribution in [0.15, 0.2) is 52.3 Å². The van der Waals surface area contributed by atoms with Gasteiger partial charge in [0.15, 0.2) is 0 Å². The number of rotatable bonds is 4. The molecule has 1 aliphatic heterocycles. The Labute approximate surface area is 189 Å². The molecule has 1 aromatic carbocycles. The van der Waals surface area contributed by atoms with Crippen molar-refractivity contribution >= 4 is 45.9 Å². The summed E-state index contributed by atoms with van der Waals surface area (Å²) in [7, 11) is 0. The number of pyridine rings is 1. The number of thioether (sulfide) groups is 1. The molecular formula is C23H21N3O3S2. The molecule has 0 bridgehead atoms. The molecule has 8 heteroatoms. The first-order valence-corrected chi connectivity index (χ1v) is 11.0. The van der Waals surface area contributed by atoms with Crippen molar-refractivity contribution in [1.29, 1.82) is 0 Å². The van der Waals surface area contributed by atoms with Gasteiger partial charge in [0.05, 0.1) is 4.91 Å². The predicted octanol–water partition coefficient (Wildman–Crippen LogP) is 4.71. The van der Waals surface area contributed by atoms with Gasteiger partial charge in [0.2, 0.25) is 5.88 Å². The first-order chi connectivity index (χ1) is 14.7. The molecule has 4 rings (SSSR count). The van der Waals surface area contributed by atoms with Gasteiger partial charge in [0, 0.05) is 12.2 Å². The third-order valence-corrected chi connectivity index (χ3v) is 6.09. The van der Waals surface area contributed by atoms with Crippen molar-refractivity contribution in [3.8, 4) is 11.6 Å². The number of hydrogen-bond donors (Lipinski definition) is 0. The maximum absolute atomic E-state index is 13.3. The van der Waals surface area contributed by atoms with E-state index in [0.29, 0.717) is 20.6 Å². The molecule has 2 aromatic heterocycles. The first kappa shape index (κ1) is 21.3. The van der Waals surface area contributed by atoms with Gasteiger partial charge < -0.3 is 4.74 Å². The fourth-order valence-electron chi connectivity index (χ4n) is 3.44. The number of aromatic nitrogens is 2. The Balaban J connectivity index is 1.88. The average molecular weight is 452 g/mol. The van der Waals surface area contributed by atoms with Gasteiger partial charge in [0.1, 0.15) is 21.3 Å². The number of nitrogens with zero attached hydrogens (tertiary/aromatic N) is 3. The predicted molar refractivity (Wildman–Crippen MR) is 128 cm³/mol. The molecule has 1 aliphatic rings. The molecule has 0 saturated carbocycles. The van der Waals surface area contributed by atoms with Gasteiger partial charge in [-0.1, -0.05) is 36.1 Å². The second-order valence-corrected chi connectivity index (χ2v) is 9.31. The zero-order chi connectivity index (χ0) is 22.3. The van der Waals surface area contributed by atoms with Gasteiger partial charge >= 0.3 is 0 Å². The highest BCUT2D eigenvalue weighted by molar-refractivity contribution is 8.26. The number of fused-ring (bicyclic) bond motifs is 1. The highest BCUT2D eigenvalue weighted by Gasteiger charge is 2.34. The van der Waals surface area contributed by atoms with Crippen molar-refractivity contribution in [3.05, 3.63) is 74.5 Å². The molecule has 0 radical (unpaired) electrons. The van der Waals surface area contributed by atoms with Gasteiger partial charge in [-0.25, -0.2) is 0 Å². The highest BCUT2D eigenvalue weighted by atomic mass is 32.2. The summed E-state index contributed by atoms with van der Waals surface area (Å²) in [4.78, 5) is 32.6. The molecule has 0 atom stereocenters. The van der Waals surface area contributed by atoms with Crippen molar-refractivity contribution in [1.82, 2.24) is 14.3 Å². The van der Waals surface area contributed by atoms with E-state index in [-0.39, 0.29) is 29.0 Å². The average Bonchev–Trinajstić information content (AvgIpc) is 2.97. The lowest BCUT2D eigenvalue weighted by Crippen LogP contribution is -2.34. The van der Waals surface area contributed by atoms with E-state index in [2.05, 4.69) is 4.98 Å². The number of aryl methyl sites for hydroxylation is 2. The van der Waals surface area contributed by atoms with Gasteiger partial charge in [-0.15, -0.1) is 0 Å². The van der Waals surface area contributed by atoms with Crippen LogP contribution in [0.25, 0.3) is 11.7 Å². The summed E-state index contributed by atoms with van der Waals surface area (Å²) in [6.45, 7) is 7.74. The summed E-state index contributed by atoms with van der Waals surface area (Å²) in [5.74, 6) is 0.505. The minimum atomic E-state index is -0.320. The van der Waals surface area contributed by atoms with E-state index in [1.165, 1.54) is 22.2 Å². The highest BCUT2D eigenvalue weighted by Crippen LogP contribution is 2.35. The topological polar surface area (TPSA) is 63.9 Å². The van der Waals surface area contributed by atoms with Gasteiger partial charge in [-0.3, -0.25) is 18.9 Å². The second kappa shape index (κ2) is 8.28. The Morgan fingerprint density at radius 1 is 1.13 bits per heavy atom. The van der Waals surface area contributed by atoms with E-state index in [9.17, 15) is 9.59 Å². The number of carbonyl (C=O) groups is 1. The minimum absolute atomic E-state index is 0.0692. The Morgan fingerprint density at radius 2 is 1.84 bits per heavy atom. The standard InChI is InChI=1S/C23H21N3O3S2/c1-13(2)26-22(28)18(31-23(26)30)12-17-20(29-16-10-14(3)9-15(4)11-16)24-19-7-5-6-8-25(19)21(17)27/h5-13H,1-4H3/b18-12+. The lowest BCUT2D eigenvalue weighted by atomic mass is 10.1. The molecule has 0 aliphatic carbocycles. The van der Waals surface area contributed by atoms with Crippen LogP contribution in [0.2, 0.25) is 0 Å². The molecule has 3 aromatic rings. The van der Waals surface area contributed by atoms with Crippen LogP contribution in [0.4, 0.5) is 0 Å². The van der Waals surface area contributed by atoms with Crippen LogP contribution in [-0.4, -0.2) is 30.6 Å². The molecule has 0 N–H and O–H groups in total. The second-order valence-electron chi connectivity index (χ2n) is 7.64. The zero-order valence-corrected chi connectivity index (χ0v) is 19.2. The molecule has 0 unspecified atom stereocenters. The van der Waals surface area contributed by atoms with E-state index in [1.54, 1.807) is 29.3 Å². The van der Waals surface area contributed by atoms with Crippen molar-refractivity contribution in [2.45, 2.75) is 33.7 Å². The molecule has 158 valence electrons. The molecule has 31 heavy (non-hydrogen) atoms. The fraction of sp³-hybridized carbons (Fsp3) is 0.217. The quantitative estimate of drug-likeness (QED) is 0.423. The largest absolute Gasteiger partial charge is 0.438 e. The summed E-state index contributed by atoms with van der Waals surface area (Å²) in [6, 6.07) is 11.0. The Kier molecular flexibility index (Phi) is 5.68. The number of thiocarbonyl (C=S) groups is 1. The van der Waals surface area contributed by atoms with Crippen LogP contribution in [0.3, 0.4) is 0 Å². The maximum Gasteiger partial charge on any atom is 0.269 e. The van der Waals surface area contributed by atoms with Crippen molar-refractivity contribution in [3.63, 3.8) is 0 Å². The third-order valence-electron chi connectivity index (χ3n) is 4.76. The van der Waals surface area contributed by atoms with E-state index < -0.39 is 0 Å². The van der Waals surface area contributed by atoms with Gasteiger partial charge in [-0.05, 0) is 69.2 Å². The van der Waals surface area contributed by atoms with E-state index in [4.69, 9.17) is 17.0 Å². The maximum atomic E-state index is 13.3. The molecule has 6 nitrogen and oxygen atoms in total. The third kappa shape index (κ3) is 4.13. The first-order valence-electron chi connectivity index (χ1n) is 9.79. The molecular weight excluding hydrogens is 430 g/mol. The smallest absolute Gasteiger partial charge is 0.269 e. The van der Waals surface area contributed by atoms with E-state index in [1.807, 2.05) is 45.9 Å². The van der Waals surface area contributed by atoms with Gasteiger partial charge in [0.25, 0.3) is 11.5 Å². The summed E-state index contributed by atoms with van der Waals surface area (Å²) in [5, 5.41) is 0. The molecule has 3 heterocycles. The summed E-state index contributed by atoms with van der Waals surface area (Å²) >= 11 is 6.54. The fourth-order valence-corrected chi connectivity index (χ4v) is 4.95. The van der Waals surface area contributed by atoms with Crippen LogP contribution in [-0.2, 0) is 4.79 Å². The summed E-state index contributed by atoms with van der Waals surface area (Å²) in [6.07, 6.45) is 3.18. The van der Waals surface area contributed by atoms with Crippen molar-refractivity contribution in [2.75, 3.05) is 0 Å². The van der Waals surface area contributed by atoms with Gasteiger partial charge in [-0.2, -0.15) is 4.98 Å². The SMILES string of the molecule is Cc1cc(C)cc(Oc2nc3ccccn3c(=O)c2/C=C2/SC(=S)N(C(C)C)C2=O)c1. The molecule has 1 saturated heterocycles. The van der Waals surface area contributed by atoms with Crippen molar-refractivity contribution in [2.24, 2.45) is 0 Å². The lowest BCUT2D eigenvalue weighted by molar-refractivity contribution is -0.123. The van der Waals surface area contributed by atoms with E-state index in [0.717, 1.165) is 11.1 Å². The van der Waals surface area contributed by atoms with Crippen LogP contribution in [0.1, 0.15) is 30.5 Å². The van der Waals surface area contributed by atoms with Crippen LogP contribution in [0.5, 0.6) is 11.6 Å². The number of amides is 1. The van der Waals surface area contributed by atoms with Crippen LogP contribution >= 0.6 is 24.0 Å². The van der Waals surface area contributed by atoms with Crippen LogP contribution in [0, 0.1) is 13.8 Å². The molecule has 1 amide bonds. The molecule has 0 spiro atoms. The number of ether oxygens (including phenoxy) is 1. The summed E-state index contributed by atoms with van der Waals surface area (Å²) < 4.78 is 7.97. The monoisotopic (exact) mass is 451 g/mol. The lowest BCUT2D eigenvalue weighted by Gasteiger charge is -2.18. The molecule has 1 fully saturated rings. The Morgan fingerprint density at radius 3 is 2.48 bits per heavy atom. The van der Waals surface area contributed by atoms with Crippen molar-refractivity contribution < 1.29 is 9.53 Å². The Bertz CT molecular complexity index is 1290.